The molecule has 4 rings (SSSR count). The Bertz CT molecular complexity index is 1040. The van der Waals surface area contributed by atoms with E-state index in [0.29, 0.717) is 54.4 Å². The van der Waals surface area contributed by atoms with E-state index in [-0.39, 0.29) is 11.7 Å². The van der Waals surface area contributed by atoms with E-state index in [1.807, 2.05) is 23.1 Å². The SMILES string of the molecule is Cn1c(N2CCOC(COc3ccccc3Cl)C2)nc(-c2ccncn2)cc1=O. The minimum atomic E-state index is -0.181. The molecule has 1 aliphatic rings. The van der Waals surface area contributed by atoms with Crippen LogP contribution in [0.1, 0.15) is 0 Å². The molecule has 9 heteroatoms. The lowest BCUT2D eigenvalue weighted by Gasteiger charge is -2.34. The number of hydrogen-bond donors (Lipinski definition) is 0. The van der Waals surface area contributed by atoms with Gasteiger partial charge in [-0.15, -0.1) is 0 Å². The third-order valence-corrected chi connectivity index (χ3v) is 4.95. The Morgan fingerprint density at radius 3 is 2.93 bits per heavy atom. The molecule has 0 aliphatic carbocycles. The monoisotopic (exact) mass is 413 g/mol. The summed E-state index contributed by atoms with van der Waals surface area (Å²) < 4.78 is 13.2. The Kier molecular flexibility index (Phi) is 5.73. The Labute approximate surface area is 172 Å². The van der Waals surface area contributed by atoms with Crippen molar-refractivity contribution in [1.29, 1.82) is 0 Å². The molecule has 1 aliphatic heterocycles. The second-order valence-corrected chi connectivity index (χ2v) is 7.02. The number of anilines is 1. The summed E-state index contributed by atoms with van der Waals surface area (Å²) in [5.41, 5.74) is 0.964. The molecule has 1 unspecified atom stereocenters. The minimum Gasteiger partial charge on any atom is -0.489 e. The van der Waals surface area contributed by atoms with Gasteiger partial charge in [0.05, 0.1) is 29.6 Å². The summed E-state index contributed by atoms with van der Waals surface area (Å²) in [5.74, 6) is 1.18. The Morgan fingerprint density at radius 1 is 1.28 bits per heavy atom. The molecule has 3 heterocycles. The van der Waals surface area contributed by atoms with E-state index in [1.54, 1.807) is 25.4 Å². The maximum Gasteiger partial charge on any atom is 0.255 e. The van der Waals surface area contributed by atoms with E-state index in [9.17, 15) is 4.79 Å². The fourth-order valence-corrected chi connectivity index (χ4v) is 3.32. The number of morpholine rings is 1. The van der Waals surface area contributed by atoms with Crippen molar-refractivity contribution in [3.63, 3.8) is 0 Å². The summed E-state index contributed by atoms with van der Waals surface area (Å²) >= 11 is 6.15. The number of halogens is 1. The van der Waals surface area contributed by atoms with E-state index < -0.39 is 0 Å². The van der Waals surface area contributed by atoms with Gasteiger partial charge in [0.2, 0.25) is 5.95 Å². The van der Waals surface area contributed by atoms with Gasteiger partial charge < -0.3 is 14.4 Å². The van der Waals surface area contributed by atoms with Crippen molar-refractivity contribution in [2.45, 2.75) is 6.10 Å². The fraction of sp³-hybridized carbons (Fsp3) is 0.300. The standard InChI is InChI=1S/C20H20ClN5O3/c1-25-19(27)10-17(16-6-7-22-13-23-16)24-20(25)26-8-9-28-14(11-26)12-29-18-5-3-2-4-15(18)21/h2-7,10,13-14H,8-9,11-12H2,1H3. The Morgan fingerprint density at radius 2 is 2.14 bits per heavy atom. The topological polar surface area (TPSA) is 82.4 Å². The summed E-state index contributed by atoms with van der Waals surface area (Å²) in [5, 5.41) is 0.557. The molecule has 150 valence electrons. The summed E-state index contributed by atoms with van der Waals surface area (Å²) in [7, 11) is 1.71. The molecule has 29 heavy (non-hydrogen) atoms. The summed E-state index contributed by atoms with van der Waals surface area (Å²) in [6.07, 6.45) is 2.88. The zero-order valence-corrected chi connectivity index (χ0v) is 16.6. The fourth-order valence-electron chi connectivity index (χ4n) is 3.13. The van der Waals surface area contributed by atoms with Crippen molar-refractivity contribution < 1.29 is 9.47 Å². The van der Waals surface area contributed by atoms with Crippen molar-refractivity contribution in [1.82, 2.24) is 19.5 Å². The summed E-state index contributed by atoms with van der Waals surface area (Å²) in [6, 6.07) is 10.5. The molecule has 1 saturated heterocycles. The molecule has 3 aromatic rings. The number of benzene rings is 1. The van der Waals surface area contributed by atoms with Gasteiger partial charge in [-0.1, -0.05) is 23.7 Å². The number of nitrogens with zero attached hydrogens (tertiary/aromatic N) is 5. The molecular formula is C20H20ClN5O3. The molecule has 0 spiro atoms. The van der Waals surface area contributed by atoms with Crippen LogP contribution in [0.25, 0.3) is 11.4 Å². The van der Waals surface area contributed by atoms with Crippen molar-refractivity contribution >= 4 is 17.5 Å². The second-order valence-electron chi connectivity index (χ2n) is 6.61. The highest BCUT2D eigenvalue weighted by atomic mass is 35.5. The number of para-hydroxylation sites is 1. The first-order valence-corrected chi connectivity index (χ1v) is 9.58. The predicted octanol–water partition coefficient (Wildman–Crippen LogP) is 2.17. The first kappa shape index (κ1) is 19.4. The predicted molar refractivity (Wildman–Crippen MR) is 109 cm³/mol. The van der Waals surface area contributed by atoms with Gasteiger partial charge in [0.25, 0.3) is 5.56 Å². The van der Waals surface area contributed by atoms with E-state index in [4.69, 9.17) is 21.1 Å². The van der Waals surface area contributed by atoms with E-state index in [0.717, 1.165) is 0 Å². The second kappa shape index (κ2) is 8.59. The molecule has 1 fully saturated rings. The Hall–Kier alpha value is -2.97. The largest absolute Gasteiger partial charge is 0.489 e. The van der Waals surface area contributed by atoms with Crippen molar-refractivity contribution in [2.24, 2.45) is 7.05 Å². The van der Waals surface area contributed by atoms with Crippen LogP contribution in [0.2, 0.25) is 5.02 Å². The van der Waals surface area contributed by atoms with Crippen LogP contribution in [0, 0.1) is 0 Å². The molecular weight excluding hydrogens is 394 g/mol. The molecule has 2 aromatic heterocycles. The summed E-state index contributed by atoms with van der Waals surface area (Å²) in [4.78, 5) is 27.3. The van der Waals surface area contributed by atoms with Crippen LogP contribution in [0.3, 0.4) is 0 Å². The van der Waals surface area contributed by atoms with E-state index in [1.165, 1.54) is 17.0 Å². The third-order valence-electron chi connectivity index (χ3n) is 4.64. The number of rotatable bonds is 5. The number of hydrogen-bond acceptors (Lipinski definition) is 7. The van der Waals surface area contributed by atoms with Crippen LogP contribution >= 0.6 is 11.6 Å². The average Bonchev–Trinajstić information content (AvgIpc) is 2.76. The molecule has 1 aromatic carbocycles. The van der Waals surface area contributed by atoms with Gasteiger partial charge in [-0.05, 0) is 18.2 Å². The molecule has 0 bridgehead atoms. The highest BCUT2D eigenvalue weighted by molar-refractivity contribution is 6.32. The average molecular weight is 414 g/mol. The van der Waals surface area contributed by atoms with Crippen LogP contribution < -0.4 is 15.2 Å². The van der Waals surface area contributed by atoms with Gasteiger partial charge in [0.15, 0.2) is 0 Å². The molecule has 8 nitrogen and oxygen atoms in total. The van der Waals surface area contributed by atoms with Crippen LogP contribution in [0.15, 0.2) is 53.7 Å². The van der Waals surface area contributed by atoms with E-state index in [2.05, 4.69) is 15.0 Å². The first-order valence-electron chi connectivity index (χ1n) is 9.20. The van der Waals surface area contributed by atoms with Crippen LogP contribution in [-0.2, 0) is 11.8 Å². The maximum atomic E-state index is 12.5. The molecule has 0 N–H and O–H groups in total. The van der Waals surface area contributed by atoms with Gasteiger partial charge in [0, 0.05) is 25.9 Å². The highest BCUT2D eigenvalue weighted by Crippen LogP contribution is 2.24. The van der Waals surface area contributed by atoms with Crippen molar-refractivity contribution in [2.75, 3.05) is 31.2 Å². The zero-order valence-electron chi connectivity index (χ0n) is 15.9. The zero-order chi connectivity index (χ0) is 20.2. The van der Waals surface area contributed by atoms with E-state index >= 15 is 0 Å². The first-order chi connectivity index (χ1) is 14.1. The third kappa shape index (κ3) is 4.38. The lowest BCUT2D eigenvalue weighted by molar-refractivity contribution is 0.00964. The lowest BCUT2D eigenvalue weighted by atomic mass is 10.2. The number of ether oxygens (including phenoxy) is 2. The summed E-state index contributed by atoms with van der Waals surface area (Å²) in [6.45, 7) is 2.01. The lowest BCUT2D eigenvalue weighted by Crippen LogP contribution is -2.47. The number of aromatic nitrogens is 4. The van der Waals surface area contributed by atoms with Crippen LogP contribution in [-0.4, -0.2) is 51.9 Å². The smallest absolute Gasteiger partial charge is 0.255 e. The Balaban J connectivity index is 1.53. The highest BCUT2D eigenvalue weighted by Gasteiger charge is 2.25. The van der Waals surface area contributed by atoms with Gasteiger partial charge in [-0.3, -0.25) is 9.36 Å². The van der Waals surface area contributed by atoms with Gasteiger partial charge in [0.1, 0.15) is 24.8 Å². The van der Waals surface area contributed by atoms with Crippen molar-refractivity contribution in [3.8, 4) is 17.1 Å². The molecule has 0 amide bonds. The van der Waals surface area contributed by atoms with Gasteiger partial charge >= 0.3 is 0 Å². The van der Waals surface area contributed by atoms with Crippen molar-refractivity contribution in [3.05, 3.63) is 64.3 Å². The molecule has 0 radical (unpaired) electrons. The van der Waals surface area contributed by atoms with Crippen LogP contribution in [0.4, 0.5) is 5.95 Å². The normalized spacial score (nSPS) is 16.6. The van der Waals surface area contributed by atoms with Gasteiger partial charge in [-0.25, -0.2) is 15.0 Å². The maximum absolute atomic E-state index is 12.5. The van der Waals surface area contributed by atoms with Gasteiger partial charge in [-0.2, -0.15) is 0 Å². The molecule has 0 saturated carbocycles. The quantitative estimate of drug-likeness (QED) is 0.634. The molecule has 1 atom stereocenters. The van der Waals surface area contributed by atoms with Crippen LogP contribution in [0.5, 0.6) is 5.75 Å². The minimum absolute atomic E-state index is 0.154.